The molecule has 1 heterocycles. The molecule has 94 valence electrons. The Labute approximate surface area is 110 Å². The Morgan fingerprint density at radius 1 is 1.44 bits per heavy atom. The summed E-state index contributed by atoms with van der Waals surface area (Å²) < 4.78 is 1.80. The Morgan fingerprint density at radius 3 is 2.78 bits per heavy atom. The van der Waals surface area contributed by atoms with Crippen molar-refractivity contribution in [2.24, 2.45) is 5.92 Å². The maximum absolute atomic E-state index is 4.09. The molecular weight excluding hydrogens is 220 g/mol. The SMILES string of the molecule is C=CC(=C/C=C(\C)C#CCn1cccn1)C(C)C. The van der Waals surface area contributed by atoms with Crippen LogP contribution in [0.4, 0.5) is 0 Å². The standard InChI is InChI=1S/C16H20N2/c1-5-16(14(2)3)10-9-15(4)8-6-12-18-13-7-11-17-18/h5,7,9-11,13-14H,1,12H2,2-4H3/b15-9+,16-10?. The average molecular weight is 240 g/mol. The molecule has 2 heteroatoms. The fraction of sp³-hybridized carbons (Fsp3) is 0.312. The molecule has 0 aliphatic carbocycles. The third-order valence-electron chi connectivity index (χ3n) is 2.51. The van der Waals surface area contributed by atoms with Crippen molar-refractivity contribution in [1.29, 1.82) is 0 Å². The van der Waals surface area contributed by atoms with Crippen LogP contribution in [0.3, 0.4) is 0 Å². The van der Waals surface area contributed by atoms with E-state index < -0.39 is 0 Å². The highest BCUT2D eigenvalue weighted by molar-refractivity contribution is 5.33. The van der Waals surface area contributed by atoms with E-state index >= 15 is 0 Å². The van der Waals surface area contributed by atoms with Gasteiger partial charge in [-0.3, -0.25) is 4.68 Å². The van der Waals surface area contributed by atoms with Crippen molar-refractivity contribution < 1.29 is 0 Å². The topological polar surface area (TPSA) is 17.8 Å². The van der Waals surface area contributed by atoms with Gasteiger partial charge >= 0.3 is 0 Å². The molecule has 1 rings (SSSR count). The highest BCUT2D eigenvalue weighted by Gasteiger charge is 1.95. The quantitative estimate of drug-likeness (QED) is 0.581. The van der Waals surface area contributed by atoms with Crippen molar-refractivity contribution >= 4 is 0 Å². The van der Waals surface area contributed by atoms with Gasteiger partial charge in [-0.15, -0.1) is 0 Å². The van der Waals surface area contributed by atoms with Crippen molar-refractivity contribution in [2.45, 2.75) is 27.3 Å². The number of allylic oxidation sites excluding steroid dienone is 5. The van der Waals surface area contributed by atoms with Crippen LogP contribution in [0.5, 0.6) is 0 Å². The molecular formula is C16H20N2. The summed E-state index contributed by atoms with van der Waals surface area (Å²) in [7, 11) is 0. The second-order valence-corrected chi connectivity index (χ2v) is 4.38. The summed E-state index contributed by atoms with van der Waals surface area (Å²) in [6.07, 6.45) is 9.67. The zero-order chi connectivity index (χ0) is 13.4. The maximum atomic E-state index is 4.09. The van der Waals surface area contributed by atoms with Crippen molar-refractivity contribution in [3.05, 3.63) is 54.4 Å². The summed E-state index contributed by atoms with van der Waals surface area (Å²) in [5, 5.41) is 4.09. The molecule has 0 aliphatic rings. The first-order chi connectivity index (χ1) is 8.63. The van der Waals surface area contributed by atoms with E-state index in [4.69, 9.17) is 0 Å². The summed E-state index contributed by atoms with van der Waals surface area (Å²) in [5.41, 5.74) is 2.27. The minimum Gasteiger partial charge on any atom is -0.261 e. The number of aromatic nitrogens is 2. The Kier molecular flexibility index (Phi) is 5.73. The normalized spacial score (nSPS) is 12.2. The smallest absolute Gasteiger partial charge is 0.102 e. The lowest BCUT2D eigenvalue weighted by atomic mass is 10.0. The molecule has 0 saturated carbocycles. The molecule has 18 heavy (non-hydrogen) atoms. The van der Waals surface area contributed by atoms with Crippen LogP contribution in [-0.2, 0) is 6.54 Å². The fourth-order valence-corrected chi connectivity index (χ4v) is 1.41. The van der Waals surface area contributed by atoms with E-state index in [0.717, 1.165) is 5.57 Å². The van der Waals surface area contributed by atoms with Gasteiger partial charge in [-0.25, -0.2) is 0 Å². The van der Waals surface area contributed by atoms with Gasteiger partial charge < -0.3 is 0 Å². The monoisotopic (exact) mass is 240 g/mol. The highest BCUT2D eigenvalue weighted by Crippen LogP contribution is 2.10. The number of hydrogen-bond donors (Lipinski definition) is 0. The van der Waals surface area contributed by atoms with Crippen LogP contribution in [0.15, 0.2) is 54.4 Å². The lowest BCUT2D eigenvalue weighted by Gasteiger charge is -2.03. The number of hydrogen-bond acceptors (Lipinski definition) is 1. The molecule has 1 aromatic heterocycles. The Hall–Kier alpha value is -2.01. The van der Waals surface area contributed by atoms with Crippen LogP contribution in [0.2, 0.25) is 0 Å². The molecule has 0 saturated heterocycles. The molecule has 0 aromatic carbocycles. The van der Waals surface area contributed by atoms with Gasteiger partial charge in [0.15, 0.2) is 0 Å². The van der Waals surface area contributed by atoms with Gasteiger partial charge in [0.2, 0.25) is 0 Å². The van der Waals surface area contributed by atoms with Crippen LogP contribution < -0.4 is 0 Å². The van der Waals surface area contributed by atoms with Crippen LogP contribution >= 0.6 is 0 Å². The Balaban J connectivity index is 2.62. The zero-order valence-corrected chi connectivity index (χ0v) is 11.4. The summed E-state index contributed by atoms with van der Waals surface area (Å²) in [6, 6.07) is 1.89. The minimum atomic E-state index is 0.489. The van der Waals surface area contributed by atoms with Crippen LogP contribution in [0.25, 0.3) is 0 Å². The number of rotatable bonds is 4. The summed E-state index contributed by atoms with van der Waals surface area (Å²) in [5.74, 6) is 6.69. The van der Waals surface area contributed by atoms with E-state index in [1.165, 1.54) is 5.57 Å². The minimum absolute atomic E-state index is 0.489. The molecule has 0 fully saturated rings. The Bertz CT molecular complexity index is 491. The first-order valence-electron chi connectivity index (χ1n) is 6.10. The lowest BCUT2D eigenvalue weighted by Crippen LogP contribution is -1.94. The Morgan fingerprint density at radius 2 is 2.22 bits per heavy atom. The van der Waals surface area contributed by atoms with Gasteiger partial charge in [-0.05, 0) is 30.1 Å². The summed E-state index contributed by atoms with van der Waals surface area (Å²) >= 11 is 0. The van der Waals surface area contributed by atoms with Crippen molar-refractivity contribution in [3.8, 4) is 11.8 Å². The van der Waals surface area contributed by atoms with Crippen LogP contribution in [-0.4, -0.2) is 9.78 Å². The van der Waals surface area contributed by atoms with Gasteiger partial charge in [0.25, 0.3) is 0 Å². The van der Waals surface area contributed by atoms with E-state index in [0.29, 0.717) is 12.5 Å². The van der Waals surface area contributed by atoms with Gasteiger partial charge in [-0.1, -0.05) is 50.5 Å². The molecule has 0 N–H and O–H groups in total. The predicted molar refractivity (Wildman–Crippen MR) is 76.9 cm³/mol. The third kappa shape index (κ3) is 4.88. The molecule has 0 amide bonds. The van der Waals surface area contributed by atoms with Crippen LogP contribution in [0, 0.1) is 17.8 Å². The van der Waals surface area contributed by atoms with Gasteiger partial charge in [0.1, 0.15) is 6.54 Å². The largest absolute Gasteiger partial charge is 0.261 e. The predicted octanol–water partition coefficient (Wildman–Crippen LogP) is 3.60. The van der Waals surface area contributed by atoms with E-state index in [1.807, 2.05) is 31.3 Å². The van der Waals surface area contributed by atoms with E-state index in [-0.39, 0.29) is 0 Å². The molecule has 0 radical (unpaired) electrons. The third-order valence-corrected chi connectivity index (χ3v) is 2.51. The van der Waals surface area contributed by atoms with E-state index in [9.17, 15) is 0 Å². The molecule has 2 nitrogen and oxygen atoms in total. The summed E-state index contributed by atoms with van der Waals surface area (Å²) in [4.78, 5) is 0. The molecule has 0 aliphatic heterocycles. The molecule has 0 unspecified atom stereocenters. The molecule has 0 atom stereocenters. The second-order valence-electron chi connectivity index (χ2n) is 4.38. The zero-order valence-electron chi connectivity index (χ0n) is 11.4. The van der Waals surface area contributed by atoms with Crippen molar-refractivity contribution in [2.75, 3.05) is 0 Å². The molecule has 0 spiro atoms. The number of nitrogens with zero attached hydrogens (tertiary/aromatic N) is 2. The van der Waals surface area contributed by atoms with E-state index in [1.54, 1.807) is 10.9 Å². The van der Waals surface area contributed by atoms with E-state index in [2.05, 4.69) is 43.4 Å². The lowest BCUT2D eigenvalue weighted by molar-refractivity contribution is 0.715. The van der Waals surface area contributed by atoms with Crippen LogP contribution in [0.1, 0.15) is 20.8 Å². The highest BCUT2D eigenvalue weighted by atomic mass is 15.3. The fourth-order valence-electron chi connectivity index (χ4n) is 1.41. The maximum Gasteiger partial charge on any atom is 0.102 e. The first kappa shape index (κ1) is 14.1. The average Bonchev–Trinajstić information content (AvgIpc) is 2.82. The summed E-state index contributed by atoms with van der Waals surface area (Å²) in [6.45, 7) is 10.7. The second kappa shape index (κ2) is 7.34. The van der Waals surface area contributed by atoms with Gasteiger partial charge in [0.05, 0.1) is 0 Å². The molecule has 0 bridgehead atoms. The molecule has 1 aromatic rings. The van der Waals surface area contributed by atoms with Crippen molar-refractivity contribution in [3.63, 3.8) is 0 Å². The first-order valence-corrected chi connectivity index (χ1v) is 6.10. The van der Waals surface area contributed by atoms with Gasteiger partial charge in [-0.2, -0.15) is 5.10 Å². The van der Waals surface area contributed by atoms with Crippen molar-refractivity contribution in [1.82, 2.24) is 9.78 Å². The van der Waals surface area contributed by atoms with Gasteiger partial charge in [0, 0.05) is 12.4 Å².